The Morgan fingerprint density at radius 3 is 2.80 bits per heavy atom. The predicted octanol–water partition coefficient (Wildman–Crippen LogP) is 1.98. The van der Waals surface area contributed by atoms with E-state index >= 15 is 0 Å². The van der Waals surface area contributed by atoms with Crippen molar-refractivity contribution in [3.63, 3.8) is 0 Å². The van der Waals surface area contributed by atoms with Crippen molar-refractivity contribution in [2.24, 2.45) is 5.92 Å². The highest BCUT2D eigenvalue weighted by Crippen LogP contribution is 2.23. The number of nitrogens with one attached hydrogen (secondary N) is 2. The summed E-state index contributed by atoms with van der Waals surface area (Å²) in [5.41, 5.74) is 7.56. The topological polar surface area (TPSA) is 93.2 Å². The van der Waals surface area contributed by atoms with Gasteiger partial charge in [-0.3, -0.25) is 4.79 Å². The van der Waals surface area contributed by atoms with E-state index in [9.17, 15) is 4.79 Å². The molecule has 1 unspecified atom stereocenters. The van der Waals surface area contributed by atoms with E-state index in [1.54, 1.807) is 25.1 Å². The van der Waals surface area contributed by atoms with Gasteiger partial charge in [0.05, 0.1) is 5.69 Å². The molecule has 108 valence electrons. The normalized spacial score (nSPS) is 12.6. The monoisotopic (exact) mass is 276 g/mol. The van der Waals surface area contributed by atoms with Gasteiger partial charge < -0.3 is 20.8 Å². The Labute approximate surface area is 117 Å². The fourth-order valence-corrected chi connectivity index (χ4v) is 1.74. The Morgan fingerprint density at radius 2 is 2.15 bits per heavy atom. The Morgan fingerprint density at radius 1 is 1.40 bits per heavy atom. The largest absolute Gasteiger partial charge is 0.423 e. The smallest absolute Gasteiger partial charge is 0.296 e. The minimum absolute atomic E-state index is 0.0890. The first-order valence-corrected chi connectivity index (χ1v) is 6.66. The summed E-state index contributed by atoms with van der Waals surface area (Å²) in [4.78, 5) is 16.1. The third kappa shape index (κ3) is 3.20. The molecule has 1 heterocycles. The number of rotatable bonds is 5. The number of nitrogens with two attached hydrogens (primary N) is 1. The van der Waals surface area contributed by atoms with Crippen molar-refractivity contribution < 1.29 is 9.21 Å². The Kier molecular flexibility index (Phi) is 4.12. The molecular weight excluding hydrogens is 256 g/mol. The number of carbonyl (C=O) groups excluding carboxylic acids is 1. The summed E-state index contributed by atoms with van der Waals surface area (Å²) in [5, 5.41) is 5.79. The van der Waals surface area contributed by atoms with Crippen LogP contribution in [0.3, 0.4) is 0 Å². The number of nitrogen functional groups attached to an aromatic ring is 1. The molecule has 0 aliphatic carbocycles. The number of fused-ring (bicyclic) bond motifs is 1. The fraction of sp³-hybridized carbons (Fsp3) is 0.429. The summed E-state index contributed by atoms with van der Waals surface area (Å²) in [5.74, 6) is 0.323. The van der Waals surface area contributed by atoms with Crippen molar-refractivity contribution in [1.29, 1.82) is 0 Å². The fourth-order valence-electron chi connectivity index (χ4n) is 1.74. The Balaban J connectivity index is 2.04. The summed E-state index contributed by atoms with van der Waals surface area (Å²) in [6, 6.07) is 5.21. The number of oxazole rings is 1. The maximum absolute atomic E-state index is 11.9. The highest BCUT2D eigenvalue weighted by molar-refractivity contribution is 5.87. The lowest BCUT2D eigenvalue weighted by Crippen LogP contribution is -2.39. The number of hydrogen-bond acceptors (Lipinski definition) is 5. The highest BCUT2D eigenvalue weighted by atomic mass is 16.4. The van der Waals surface area contributed by atoms with Crippen LogP contribution in [0.2, 0.25) is 0 Å². The van der Waals surface area contributed by atoms with E-state index in [2.05, 4.69) is 15.6 Å². The van der Waals surface area contributed by atoms with Gasteiger partial charge >= 0.3 is 0 Å². The van der Waals surface area contributed by atoms with E-state index in [0.717, 1.165) is 0 Å². The molecule has 2 aromatic rings. The second kappa shape index (κ2) is 5.81. The van der Waals surface area contributed by atoms with Crippen LogP contribution in [0.1, 0.15) is 20.8 Å². The third-order valence-electron chi connectivity index (χ3n) is 2.87. The summed E-state index contributed by atoms with van der Waals surface area (Å²) >= 11 is 0. The summed E-state index contributed by atoms with van der Waals surface area (Å²) in [6.07, 6.45) is 0. The second-order valence-electron chi connectivity index (χ2n) is 5.22. The SMILES string of the molecule is CC(C)CNC(=O)C(C)Nc1nc2c(N)cccc2o1. The van der Waals surface area contributed by atoms with Gasteiger partial charge in [0, 0.05) is 6.54 Å². The number of amides is 1. The van der Waals surface area contributed by atoms with Crippen molar-refractivity contribution in [2.75, 3.05) is 17.6 Å². The molecule has 0 saturated heterocycles. The second-order valence-corrected chi connectivity index (χ2v) is 5.22. The molecule has 0 fully saturated rings. The van der Waals surface area contributed by atoms with Crippen LogP contribution in [0, 0.1) is 5.92 Å². The molecule has 0 bridgehead atoms. The van der Waals surface area contributed by atoms with Crippen LogP contribution in [0.15, 0.2) is 22.6 Å². The molecule has 0 radical (unpaired) electrons. The molecule has 6 heteroatoms. The first-order valence-electron chi connectivity index (χ1n) is 6.66. The number of aromatic nitrogens is 1. The minimum Gasteiger partial charge on any atom is -0.423 e. The number of carbonyl (C=O) groups is 1. The van der Waals surface area contributed by atoms with Crippen LogP contribution >= 0.6 is 0 Å². The number of benzene rings is 1. The Hall–Kier alpha value is -2.24. The molecule has 2 rings (SSSR count). The van der Waals surface area contributed by atoms with Gasteiger partial charge in [-0.1, -0.05) is 19.9 Å². The summed E-state index contributed by atoms with van der Waals surface area (Å²) < 4.78 is 5.51. The predicted molar refractivity (Wildman–Crippen MR) is 79.4 cm³/mol. The van der Waals surface area contributed by atoms with E-state index in [1.807, 2.05) is 13.8 Å². The van der Waals surface area contributed by atoms with Crippen LogP contribution in [-0.2, 0) is 4.79 Å². The third-order valence-corrected chi connectivity index (χ3v) is 2.87. The molecule has 20 heavy (non-hydrogen) atoms. The summed E-state index contributed by atoms with van der Waals surface area (Å²) in [6.45, 7) is 6.49. The van der Waals surface area contributed by atoms with Crippen LogP contribution in [0.5, 0.6) is 0 Å². The van der Waals surface area contributed by atoms with Crippen LogP contribution in [0.4, 0.5) is 11.7 Å². The Bertz CT molecular complexity index is 606. The number of para-hydroxylation sites is 1. The maximum Gasteiger partial charge on any atom is 0.296 e. The van der Waals surface area contributed by atoms with Gasteiger partial charge in [-0.2, -0.15) is 4.98 Å². The average Bonchev–Trinajstić information content (AvgIpc) is 2.79. The van der Waals surface area contributed by atoms with Gasteiger partial charge in [-0.25, -0.2) is 0 Å². The lowest BCUT2D eigenvalue weighted by molar-refractivity contribution is -0.121. The molecule has 1 amide bonds. The molecule has 4 N–H and O–H groups in total. The van der Waals surface area contributed by atoms with Gasteiger partial charge in [-0.05, 0) is 25.0 Å². The van der Waals surface area contributed by atoms with Crippen molar-refractivity contribution in [3.05, 3.63) is 18.2 Å². The van der Waals surface area contributed by atoms with E-state index in [0.29, 0.717) is 35.3 Å². The molecular formula is C14H20N4O2. The van der Waals surface area contributed by atoms with Gasteiger partial charge in [-0.15, -0.1) is 0 Å². The summed E-state index contributed by atoms with van der Waals surface area (Å²) in [7, 11) is 0. The molecule has 1 atom stereocenters. The molecule has 0 saturated carbocycles. The minimum atomic E-state index is -0.428. The number of nitrogens with zero attached hydrogens (tertiary/aromatic N) is 1. The van der Waals surface area contributed by atoms with Gasteiger partial charge in [0.2, 0.25) is 5.91 Å². The van der Waals surface area contributed by atoms with Gasteiger partial charge in [0.25, 0.3) is 6.01 Å². The molecule has 6 nitrogen and oxygen atoms in total. The molecule has 1 aromatic carbocycles. The van der Waals surface area contributed by atoms with Crippen molar-refractivity contribution in [2.45, 2.75) is 26.8 Å². The first kappa shape index (κ1) is 14.2. The van der Waals surface area contributed by atoms with Crippen molar-refractivity contribution in [3.8, 4) is 0 Å². The maximum atomic E-state index is 11.9. The standard InChI is InChI=1S/C14H20N4O2/c1-8(2)7-16-13(19)9(3)17-14-18-12-10(15)5-4-6-11(12)20-14/h4-6,8-9H,7,15H2,1-3H3,(H,16,19)(H,17,18). The van der Waals surface area contributed by atoms with Crippen LogP contribution in [-0.4, -0.2) is 23.5 Å². The van der Waals surface area contributed by atoms with Crippen molar-refractivity contribution in [1.82, 2.24) is 10.3 Å². The average molecular weight is 276 g/mol. The van der Waals surface area contributed by atoms with E-state index in [-0.39, 0.29) is 5.91 Å². The number of anilines is 2. The van der Waals surface area contributed by atoms with Crippen LogP contribution in [0.25, 0.3) is 11.1 Å². The highest BCUT2D eigenvalue weighted by Gasteiger charge is 2.16. The quantitative estimate of drug-likeness (QED) is 0.726. The molecule has 0 aliphatic rings. The van der Waals surface area contributed by atoms with E-state index in [1.165, 1.54) is 0 Å². The molecule has 0 aliphatic heterocycles. The van der Waals surface area contributed by atoms with Crippen molar-refractivity contribution >= 4 is 28.7 Å². The molecule has 1 aromatic heterocycles. The number of hydrogen-bond donors (Lipinski definition) is 3. The molecule has 0 spiro atoms. The zero-order valence-electron chi connectivity index (χ0n) is 11.9. The first-order chi connectivity index (χ1) is 9.47. The lowest BCUT2D eigenvalue weighted by atomic mass is 10.2. The zero-order chi connectivity index (χ0) is 14.7. The van der Waals surface area contributed by atoms with Crippen LogP contribution < -0.4 is 16.4 Å². The van der Waals surface area contributed by atoms with E-state index in [4.69, 9.17) is 10.2 Å². The zero-order valence-corrected chi connectivity index (χ0v) is 11.9. The van der Waals surface area contributed by atoms with Gasteiger partial charge in [0.15, 0.2) is 5.58 Å². The van der Waals surface area contributed by atoms with Gasteiger partial charge in [0.1, 0.15) is 11.6 Å². The lowest BCUT2D eigenvalue weighted by Gasteiger charge is -2.13. The van der Waals surface area contributed by atoms with E-state index < -0.39 is 6.04 Å².